The molecule has 3 nitrogen and oxygen atoms in total. The third-order valence-corrected chi connectivity index (χ3v) is 0.820. The minimum absolute atomic E-state index is 0.282. The fourth-order valence-electron chi connectivity index (χ4n) is 0.458. The summed E-state index contributed by atoms with van der Waals surface area (Å²) in [4.78, 5) is 10.1. The summed E-state index contributed by atoms with van der Waals surface area (Å²) < 4.78 is 4.56. The molecule has 0 rings (SSSR count). The predicted octanol–water partition coefficient (Wildman–Crippen LogP) is 1.21. The minimum atomic E-state index is -0.763. The molecule has 0 aliphatic heterocycles. The van der Waals surface area contributed by atoms with Gasteiger partial charge >= 0.3 is 6.09 Å². The molecule has 0 aromatic rings. The van der Waals surface area contributed by atoms with E-state index in [9.17, 15) is 4.79 Å². The maximum Gasteiger partial charge on any atom is 0.405 e. The summed E-state index contributed by atoms with van der Waals surface area (Å²) in [6.45, 7) is 5.17. The van der Waals surface area contributed by atoms with E-state index < -0.39 is 6.09 Å². The number of hydrogen-bond donors (Lipinski definition) is 1. The zero-order valence-corrected chi connectivity index (χ0v) is 5.91. The third kappa shape index (κ3) is 4.90. The van der Waals surface area contributed by atoms with Gasteiger partial charge in [-0.2, -0.15) is 0 Å². The van der Waals surface area contributed by atoms with Crippen molar-refractivity contribution in [3.8, 4) is 0 Å². The van der Waals surface area contributed by atoms with Crippen LogP contribution in [0.25, 0.3) is 0 Å². The maximum atomic E-state index is 10.1. The Kier molecular flexibility index (Phi) is 4.04. The monoisotopic (exact) mass is 141 g/mol. The third-order valence-electron chi connectivity index (χ3n) is 0.820. The van der Waals surface area contributed by atoms with Gasteiger partial charge in [-0.05, 0) is 13.0 Å². The molecule has 1 amide bonds. The Morgan fingerprint density at radius 3 is 2.80 bits per heavy atom. The highest BCUT2D eigenvalue weighted by Gasteiger charge is 1.98. The van der Waals surface area contributed by atoms with Crippen LogP contribution in [0.4, 0.5) is 4.79 Å². The van der Waals surface area contributed by atoms with E-state index in [1.807, 2.05) is 0 Å². The van der Waals surface area contributed by atoms with Gasteiger partial charge in [0.1, 0.15) is 6.10 Å². The van der Waals surface area contributed by atoms with Gasteiger partial charge in [0.2, 0.25) is 0 Å². The molecule has 0 aromatic carbocycles. The summed E-state index contributed by atoms with van der Waals surface area (Å²) in [5, 5.41) is 0. The van der Waals surface area contributed by atoms with Crippen molar-refractivity contribution in [2.45, 2.75) is 13.0 Å². The van der Waals surface area contributed by atoms with Gasteiger partial charge in [-0.1, -0.05) is 18.7 Å². The molecule has 0 spiro atoms. The second kappa shape index (κ2) is 4.61. The number of carbonyl (C=O) groups excluding carboxylic acids is 1. The molecular formula is C7H11NO2. The van der Waals surface area contributed by atoms with Gasteiger partial charge in [-0.25, -0.2) is 4.79 Å². The highest BCUT2D eigenvalue weighted by Crippen LogP contribution is 1.91. The first-order valence-electron chi connectivity index (χ1n) is 2.92. The lowest BCUT2D eigenvalue weighted by atomic mass is 10.3. The lowest BCUT2D eigenvalue weighted by molar-refractivity contribution is 0.137. The number of ether oxygens (including phenoxy) is 1. The molecule has 0 heterocycles. The summed E-state index contributed by atoms with van der Waals surface area (Å²) in [7, 11) is 0. The van der Waals surface area contributed by atoms with Gasteiger partial charge in [0.05, 0.1) is 0 Å². The van der Waals surface area contributed by atoms with Gasteiger partial charge in [0.15, 0.2) is 0 Å². The van der Waals surface area contributed by atoms with Crippen molar-refractivity contribution in [3.05, 3.63) is 24.8 Å². The Balaban J connectivity index is 3.62. The summed E-state index contributed by atoms with van der Waals surface area (Å²) in [5.41, 5.74) is 4.74. The van der Waals surface area contributed by atoms with E-state index in [1.54, 1.807) is 25.2 Å². The van der Waals surface area contributed by atoms with Gasteiger partial charge in [-0.3, -0.25) is 0 Å². The van der Waals surface area contributed by atoms with Crippen molar-refractivity contribution >= 4 is 6.09 Å². The Morgan fingerprint density at radius 2 is 2.40 bits per heavy atom. The van der Waals surface area contributed by atoms with Crippen LogP contribution in [0.2, 0.25) is 0 Å². The Bertz CT molecular complexity index is 152. The van der Waals surface area contributed by atoms with Crippen molar-refractivity contribution in [1.29, 1.82) is 0 Å². The van der Waals surface area contributed by atoms with E-state index in [0.29, 0.717) is 0 Å². The van der Waals surface area contributed by atoms with Crippen LogP contribution < -0.4 is 5.73 Å². The van der Waals surface area contributed by atoms with Gasteiger partial charge < -0.3 is 10.5 Å². The zero-order chi connectivity index (χ0) is 7.98. The Hall–Kier alpha value is -1.25. The lowest BCUT2D eigenvalue weighted by Crippen LogP contribution is -2.18. The molecule has 2 N–H and O–H groups in total. The second-order valence-corrected chi connectivity index (χ2v) is 1.76. The Morgan fingerprint density at radius 1 is 1.80 bits per heavy atom. The molecule has 0 saturated carbocycles. The number of allylic oxidation sites excluding steroid dienone is 2. The first-order valence-corrected chi connectivity index (χ1v) is 2.92. The van der Waals surface area contributed by atoms with Crippen molar-refractivity contribution in [1.82, 2.24) is 0 Å². The first kappa shape index (κ1) is 8.75. The molecule has 1 atom stereocenters. The van der Waals surface area contributed by atoms with Crippen molar-refractivity contribution in [3.63, 3.8) is 0 Å². The van der Waals surface area contributed by atoms with Crippen LogP contribution in [-0.2, 0) is 4.74 Å². The molecule has 0 aliphatic carbocycles. The SMILES string of the molecule is C=CC=CC(C)OC(N)=O. The number of primary amides is 1. The molecule has 0 fully saturated rings. The van der Waals surface area contributed by atoms with Crippen LogP contribution >= 0.6 is 0 Å². The van der Waals surface area contributed by atoms with E-state index in [1.165, 1.54) is 0 Å². The number of rotatable bonds is 3. The number of hydrogen-bond acceptors (Lipinski definition) is 2. The molecule has 0 bridgehead atoms. The van der Waals surface area contributed by atoms with Gasteiger partial charge in [0.25, 0.3) is 0 Å². The normalized spacial score (nSPS) is 12.9. The zero-order valence-electron chi connectivity index (χ0n) is 5.91. The van der Waals surface area contributed by atoms with Gasteiger partial charge in [0, 0.05) is 0 Å². The summed E-state index contributed by atoms with van der Waals surface area (Å²) in [6.07, 6.45) is 3.92. The number of carbonyl (C=O) groups is 1. The van der Waals surface area contributed by atoms with Crippen LogP contribution in [0.5, 0.6) is 0 Å². The first-order chi connectivity index (χ1) is 4.66. The standard InChI is InChI=1S/C7H11NO2/c1-3-4-5-6(2)10-7(8)9/h3-6H,1H2,2H3,(H2,8,9). The van der Waals surface area contributed by atoms with E-state index in [2.05, 4.69) is 11.3 Å². The molecule has 0 aliphatic rings. The van der Waals surface area contributed by atoms with Crippen LogP contribution in [0.1, 0.15) is 6.92 Å². The minimum Gasteiger partial charge on any atom is -0.442 e. The van der Waals surface area contributed by atoms with Crippen LogP contribution in [0, 0.1) is 0 Å². The average Bonchev–Trinajstić information content (AvgIpc) is 1.82. The molecule has 0 aromatic heterocycles. The summed E-state index contributed by atoms with van der Waals surface area (Å²) in [6, 6.07) is 0. The highest BCUT2D eigenvalue weighted by atomic mass is 16.6. The van der Waals surface area contributed by atoms with E-state index >= 15 is 0 Å². The molecule has 1 unspecified atom stereocenters. The maximum absolute atomic E-state index is 10.1. The predicted molar refractivity (Wildman–Crippen MR) is 39.5 cm³/mol. The lowest BCUT2D eigenvalue weighted by Gasteiger charge is -2.03. The molecule has 0 radical (unpaired) electrons. The van der Waals surface area contributed by atoms with Crippen LogP contribution in [-0.4, -0.2) is 12.2 Å². The second-order valence-electron chi connectivity index (χ2n) is 1.76. The van der Waals surface area contributed by atoms with Crippen molar-refractivity contribution in [2.75, 3.05) is 0 Å². The summed E-state index contributed by atoms with van der Waals surface area (Å²) >= 11 is 0. The van der Waals surface area contributed by atoms with E-state index in [-0.39, 0.29) is 6.10 Å². The summed E-state index contributed by atoms with van der Waals surface area (Å²) in [5.74, 6) is 0. The van der Waals surface area contributed by atoms with E-state index in [0.717, 1.165) is 0 Å². The molecule has 10 heavy (non-hydrogen) atoms. The van der Waals surface area contributed by atoms with Crippen LogP contribution in [0.3, 0.4) is 0 Å². The quantitative estimate of drug-likeness (QED) is 0.600. The fraction of sp³-hybridized carbons (Fsp3) is 0.286. The van der Waals surface area contributed by atoms with Gasteiger partial charge in [-0.15, -0.1) is 0 Å². The average molecular weight is 141 g/mol. The fourth-order valence-corrected chi connectivity index (χ4v) is 0.458. The number of amides is 1. The largest absolute Gasteiger partial charge is 0.442 e. The van der Waals surface area contributed by atoms with Crippen molar-refractivity contribution < 1.29 is 9.53 Å². The van der Waals surface area contributed by atoms with Crippen molar-refractivity contribution in [2.24, 2.45) is 5.73 Å². The topological polar surface area (TPSA) is 52.3 Å². The highest BCUT2D eigenvalue weighted by molar-refractivity contribution is 5.64. The molecular weight excluding hydrogens is 130 g/mol. The molecule has 3 heteroatoms. The van der Waals surface area contributed by atoms with Crippen LogP contribution in [0.15, 0.2) is 24.8 Å². The molecule has 0 saturated heterocycles. The smallest absolute Gasteiger partial charge is 0.405 e. The van der Waals surface area contributed by atoms with E-state index in [4.69, 9.17) is 5.73 Å². The number of nitrogens with two attached hydrogens (primary N) is 1. The Labute approximate surface area is 60.2 Å². The molecule has 56 valence electrons.